The van der Waals surface area contributed by atoms with Gasteiger partial charge in [-0.05, 0) is 29.8 Å². The molecule has 0 N–H and O–H groups in total. The maximum Gasteiger partial charge on any atom is 0.435 e. The van der Waals surface area contributed by atoms with Gasteiger partial charge in [0.1, 0.15) is 11.4 Å². The minimum atomic E-state index is -4.79. The third-order valence-electron chi connectivity index (χ3n) is 3.56. The maximum absolute atomic E-state index is 13.8. The van der Waals surface area contributed by atoms with E-state index in [1.165, 1.54) is 35.6 Å². The van der Waals surface area contributed by atoms with Gasteiger partial charge in [0.15, 0.2) is 10.0 Å². The van der Waals surface area contributed by atoms with Crippen LogP contribution in [0.2, 0.25) is 0 Å². The van der Waals surface area contributed by atoms with Gasteiger partial charge in [-0.15, -0.1) is 16.5 Å². The molecule has 0 spiro atoms. The van der Waals surface area contributed by atoms with Crippen molar-refractivity contribution in [1.82, 2.24) is 9.78 Å². The van der Waals surface area contributed by atoms with E-state index in [1.54, 1.807) is 23.8 Å². The Kier molecular flexibility index (Phi) is 6.10. The number of thiophene rings is 1. The van der Waals surface area contributed by atoms with Gasteiger partial charge >= 0.3 is 6.18 Å². The third-order valence-corrected chi connectivity index (χ3v) is 5.63. The summed E-state index contributed by atoms with van der Waals surface area (Å²) in [6.45, 7) is 0. The van der Waals surface area contributed by atoms with Gasteiger partial charge in [-0.2, -0.15) is 23.4 Å². The first-order chi connectivity index (χ1) is 13.7. The summed E-state index contributed by atoms with van der Waals surface area (Å²) in [5.41, 5.74) is -1.63. The maximum atomic E-state index is 13.8. The third kappa shape index (κ3) is 4.52. The van der Waals surface area contributed by atoms with Crippen molar-refractivity contribution >= 4 is 56.7 Å². The number of rotatable bonds is 4. The van der Waals surface area contributed by atoms with Crippen molar-refractivity contribution in [3.63, 3.8) is 0 Å². The van der Waals surface area contributed by atoms with Gasteiger partial charge in [0, 0.05) is 12.1 Å². The number of azo groups is 1. The van der Waals surface area contributed by atoms with Crippen molar-refractivity contribution in [3.05, 3.63) is 57.6 Å². The standard InChI is InChI=1S/C16H10F3N5O2S3/c1-28-15(27)23-14(16(17,18)19)13(12(22-23)11-3-2-8-29-11)21-20-9-4-6-10(7-5-9)24(25)26/h2-8H,1H3. The second kappa shape index (κ2) is 8.39. The molecule has 13 heteroatoms. The summed E-state index contributed by atoms with van der Waals surface area (Å²) >= 11 is 7.17. The van der Waals surface area contributed by atoms with E-state index in [9.17, 15) is 23.3 Å². The molecule has 0 aliphatic carbocycles. The molecule has 0 amide bonds. The van der Waals surface area contributed by atoms with Crippen LogP contribution in [-0.4, -0.2) is 25.3 Å². The Hall–Kier alpha value is -2.64. The molecule has 0 bridgehead atoms. The molecule has 3 aromatic rings. The summed E-state index contributed by atoms with van der Waals surface area (Å²) in [7, 11) is 0. The van der Waals surface area contributed by atoms with E-state index in [-0.39, 0.29) is 21.4 Å². The van der Waals surface area contributed by atoms with Crippen LogP contribution in [0, 0.1) is 10.1 Å². The van der Waals surface area contributed by atoms with Crippen molar-refractivity contribution in [3.8, 4) is 10.6 Å². The zero-order chi connectivity index (χ0) is 21.2. The number of hydrogen-bond donors (Lipinski definition) is 0. The number of thiocarbonyl (C=S) groups is 1. The van der Waals surface area contributed by atoms with Crippen molar-refractivity contribution < 1.29 is 18.1 Å². The number of benzene rings is 1. The largest absolute Gasteiger partial charge is 0.435 e. The lowest BCUT2D eigenvalue weighted by Crippen LogP contribution is -2.18. The van der Waals surface area contributed by atoms with Crippen LogP contribution in [0.5, 0.6) is 0 Å². The average molecular weight is 457 g/mol. The number of hydrogen-bond acceptors (Lipinski definition) is 8. The zero-order valence-corrected chi connectivity index (χ0v) is 16.9. The van der Waals surface area contributed by atoms with Gasteiger partial charge in [0.2, 0.25) is 0 Å². The molecule has 2 aromatic heterocycles. The van der Waals surface area contributed by atoms with E-state index in [0.29, 0.717) is 9.56 Å². The highest BCUT2D eigenvalue weighted by atomic mass is 32.2. The summed E-state index contributed by atoms with van der Waals surface area (Å²) in [6, 6.07) is 8.24. The molecule has 1 aromatic carbocycles. The number of non-ortho nitro benzene ring substituents is 1. The lowest BCUT2D eigenvalue weighted by Gasteiger charge is -2.10. The number of nitrogens with zero attached hydrogens (tertiary/aromatic N) is 5. The minimum Gasteiger partial charge on any atom is -0.258 e. The molecular formula is C16H10F3N5O2S3. The van der Waals surface area contributed by atoms with E-state index in [4.69, 9.17) is 12.2 Å². The Morgan fingerprint density at radius 3 is 2.48 bits per heavy atom. The highest BCUT2D eigenvalue weighted by Crippen LogP contribution is 2.44. The SMILES string of the molecule is CSC(=S)n1nc(-c2cccs2)c(N=Nc2ccc([N+](=O)[O-])cc2)c1C(F)(F)F. The first kappa shape index (κ1) is 21.1. The molecule has 7 nitrogen and oxygen atoms in total. The summed E-state index contributed by atoms with van der Waals surface area (Å²) in [4.78, 5) is 10.6. The Morgan fingerprint density at radius 1 is 1.28 bits per heavy atom. The van der Waals surface area contributed by atoms with Gasteiger partial charge in [-0.1, -0.05) is 30.0 Å². The van der Waals surface area contributed by atoms with Crippen molar-refractivity contribution in [1.29, 1.82) is 0 Å². The van der Waals surface area contributed by atoms with Gasteiger partial charge in [0.05, 0.1) is 15.5 Å². The van der Waals surface area contributed by atoms with Gasteiger partial charge in [-0.3, -0.25) is 10.1 Å². The summed E-state index contributed by atoms with van der Waals surface area (Å²) in [5.74, 6) is 0. The first-order valence-electron chi connectivity index (χ1n) is 7.71. The van der Waals surface area contributed by atoms with Gasteiger partial charge in [-0.25, -0.2) is 4.68 Å². The molecule has 0 saturated carbocycles. The molecular weight excluding hydrogens is 447 g/mol. The molecule has 0 radical (unpaired) electrons. The molecule has 29 heavy (non-hydrogen) atoms. The van der Waals surface area contributed by atoms with E-state index >= 15 is 0 Å². The Balaban J connectivity index is 2.15. The number of alkyl halides is 3. The van der Waals surface area contributed by atoms with Gasteiger partial charge in [0.25, 0.3) is 5.69 Å². The van der Waals surface area contributed by atoms with Crippen LogP contribution >= 0.6 is 35.3 Å². The van der Waals surface area contributed by atoms with E-state index in [2.05, 4.69) is 15.3 Å². The second-order valence-electron chi connectivity index (χ2n) is 5.38. The molecule has 0 atom stereocenters. The smallest absolute Gasteiger partial charge is 0.258 e. The predicted octanol–water partition coefficient (Wildman–Crippen LogP) is 6.45. The average Bonchev–Trinajstić information content (AvgIpc) is 3.33. The number of nitro groups is 1. The highest BCUT2D eigenvalue weighted by molar-refractivity contribution is 8.22. The van der Waals surface area contributed by atoms with Crippen molar-refractivity contribution in [2.75, 3.05) is 6.26 Å². The predicted molar refractivity (Wildman–Crippen MR) is 109 cm³/mol. The lowest BCUT2D eigenvalue weighted by molar-refractivity contribution is -0.384. The fourth-order valence-electron chi connectivity index (χ4n) is 2.31. The quantitative estimate of drug-likeness (QED) is 0.194. The van der Waals surface area contributed by atoms with E-state index in [1.807, 2.05) is 0 Å². The number of aromatic nitrogens is 2. The molecule has 0 fully saturated rings. The molecule has 3 rings (SSSR count). The van der Waals surface area contributed by atoms with Gasteiger partial charge < -0.3 is 0 Å². The Bertz CT molecular complexity index is 1080. The lowest BCUT2D eigenvalue weighted by atomic mass is 10.2. The van der Waals surface area contributed by atoms with E-state index in [0.717, 1.165) is 11.8 Å². The van der Waals surface area contributed by atoms with Crippen LogP contribution in [0.25, 0.3) is 10.6 Å². The van der Waals surface area contributed by atoms with Crippen molar-refractivity contribution in [2.24, 2.45) is 10.2 Å². The number of halogens is 3. The first-order valence-corrected chi connectivity index (χ1v) is 10.2. The molecule has 0 unspecified atom stereocenters. The van der Waals surface area contributed by atoms with Crippen molar-refractivity contribution in [2.45, 2.75) is 6.18 Å². The van der Waals surface area contributed by atoms with E-state index < -0.39 is 22.5 Å². The summed E-state index contributed by atoms with van der Waals surface area (Å²) < 4.78 is 42.0. The van der Waals surface area contributed by atoms with Crippen LogP contribution in [0.1, 0.15) is 5.69 Å². The Morgan fingerprint density at radius 2 is 1.97 bits per heavy atom. The number of nitro benzene ring substituents is 1. The van der Waals surface area contributed by atoms with Crippen LogP contribution in [0.3, 0.4) is 0 Å². The Labute approximate surface area is 175 Å². The number of thioether (sulfide) groups is 1. The van der Waals surface area contributed by atoms with Crippen LogP contribution in [0.15, 0.2) is 52.0 Å². The summed E-state index contributed by atoms with van der Waals surface area (Å²) in [6.07, 6.45) is -3.24. The molecule has 150 valence electrons. The fourth-order valence-corrected chi connectivity index (χ4v) is 3.45. The molecule has 0 saturated heterocycles. The fraction of sp³-hybridized carbons (Fsp3) is 0.125. The topological polar surface area (TPSA) is 85.7 Å². The van der Waals surface area contributed by atoms with Crippen LogP contribution in [0.4, 0.5) is 30.2 Å². The minimum absolute atomic E-state index is 0.00520. The highest BCUT2D eigenvalue weighted by Gasteiger charge is 2.42. The van der Waals surface area contributed by atoms with Crippen LogP contribution < -0.4 is 0 Å². The molecule has 0 aliphatic rings. The normalized spacial score (nSPS) is 11.9. The monoisotopic (exact) mass is 457 g/mol. The second-order valence-corrected chi connectivity index (χ2v) is 7.76. The molecule has 2 heterocycles. The molecule has 0 aliphatic heterocycles. The van der Waals surface area contributed by atoms with Crippen LogP contribution in [-0.2, 0) is 6.18 Å². The zero-order valence-electron chi connectivity index (χ0n) is 14.5. The summed E-state index contributed by atoms with van der Waals surface area (Å²) in [5, 5.41) is 24.1.